The Balaban J connectivity index is 2.05. The van der Waals surface area contributed by atoms with Crippen molar-refractivity contribution < 1.29 is 9.47 Å². The second kappa shape index (κ2) is 5.51. The van der Waals surface area contributed by atoms with Crippen LogP contribution in [-0.2, 0) is 0 Å². The first-order chi connectivity index (χ1) is 8.67. The lowest BCUT2D eigenvalue weighted by molar-refractivity contribution is 0.171. The Morgan fingerprint density at radius 3 is 2.78 bits per heavy atom. The number of nitrogens with zero attached hydrogens (tertiary/aromatic N) is 1. The molecule has 0 amide bonds. The molecular formula is C13H16N2O2S. The van der Waals surface area contributed by atoms with Crippen molar-refractivity contribution in [3.05, 3.63) is 18.2 Å². The highest BCUT2D eigenvalue weighted by Gasteiger charge is 2.21. The van der Waals surface area contributed by atoms with Crippen LogP contribution in [0.3, 0.4) is 0 Å². The van der Waals surface area contributed by atoms with Crippen LogP contribution in [0, 0.1) is 11.3 Å². The minimum atomic E-state index is -0.516. The van der Waals surface area contributed by atoms with Gasteiger partial charge in [-0.2, -0.15) is 5.26 Å². The van der Waals surface area contributed by atoms with Crippen molar-refractivity contribution >= 4 is 11.8 Å². The highest BCUT2D eigenvalue weighted by atomic mass is 32.2. The number of nitrogens with one attached hydrogen (secondary N) is 1. The highest BCUT2D eigenvalue weighted by Crippen LogP contribution is 2.34. The van der Waals surface area contributed by atoms with Crippen molar-refractivity contribution in [2.24, 2.45) is 0 Å². The Labute approximate surface area is 111 Å². The van der Waals surface area contributed by atoms with Crippen molar-refractivity contribution in [3.8, 4) is 17.6 Å². The number of fused-ring (bicyclic) bond motifs is 1. The molecule has 1 aliphatic rings. The van der Waals surface area contributed by atoms with Crippen LogP contribution in [0.5, 0.6) is 11.5 Å². The first-order valence-electron chi connectivity index (χ1n) is 5.79. The van der Waals surface area contributed by atoms with Gasteiger partial charge in [-0.1, -0.05) is 0 Å². The normalized spacial score (nSPS) is 16.7. The molecule has 1 heterocycles. The van der Waals surface area contributed by atoms with Gasteiger partial charge >= 0.3 is 0 Å². The van der Waals surface area contributed by atoms with Crippen molar-refractivity contribution in [2.75, 3.05) is 26.0 Å². The van der Waals surface area contributed by atoms with Crippen molar-refractivity contribution in [2.45, 2.75) is 17.4 Å². The fraction of sp³-hybridized carbons (Fsp3) is 0.462. The summed E-state index contributed by atoms with van der Waals surface area (Å²) in [4.78, 5) is 1.08. The van der Waals surface area contributed by atoms with Gasteiger partial charge in [0.2, 0.25) is 0 Å². The van der Waals surface area contributed by atoms with Gasteiger partial charge in [0.1, 0.15) is 18.8 Å². The molecule has 5 heteroatoms. The quantitative estimate of drug-likeness (QED) is 0.844. The summed E-state index contributed by atoms with van der Waals surface area (Å²) in [6, 6.07) is 8.15. The highest BCUT2D eigenvalue weighted by molar-refractivity contribution is 7.99. The predicted molar refractivity (Wildman–Crippen MR) is 71.2 cm³/mol. The predicted octanol–water partition coefficient (Wildman–Crippen LogP) is 2.05. The first-order valence-corrected chi connectivity index (χ1v) is 6.78. The van der Waals surface area contributed by atoms with E-state index in [-0.39, 0.29) is 0 Å². The summed E-state index contributed by atoms with van der Waals surface area (Å²) >= 11 is 1.63. The van der Waals surface area contributed by atoms with E-state index in [1.165, 1.54) is 0 Å². The lowest BCUT2D eigenvalue weighted by Gasteiger charge is -2.21. The van der Waals surface area contributed by atoms with Crippen LogP contribution in [0.25, 0.3) is 0 Å². The van der Waals surface area contributed by atoms with Gasteiger partial charge in [-0.15, -0.1) is 11.8 Å². The van der Waals surface area contributed by atoms with Gasteiger partial charge in [-0.25, -0.2) is 0 Å². The lowest BCUT2D eigenvalue weighted by Crippen LogP contribution is -2.40. The number of thioether (sulfide) groups is 1. The zero-order valence-electron chi connectivity index (χ0n) is 10.5. The topological polar surface area (TPSA) is 54.3 Å². The molecule has 0 saturated heterocycles. The molecule has 0 aliphatic carbocycles. The Kier molecular flexibility index (Phi) is 4.00. The maximum atomic E-state index is 9.08. The van der Waals surface area contributed by atoms with Gasteiger partial charge in [0.05, 0.1) is 6.07 Å². The number of benzene rings is 1. The minimum Gasteiger partial charge on any atom is -0.486 e. The molecule has 1 aliphatic heterocycles. The fourth-order valence-corrected chi connectivity index (χ4v) is 2.52. The number of nitriles is 1. The monoisotopic (exact) mass is 264 g/mol. The molecular weight excluding hydrogens is 248 g/mol. The SMILES string of the molecule is CNC(C)(C#N)CSc1ccc2c(c1)OCCO2. The zero-order chi connectivity index (χ0) is 13.0. The molecule has 0 bridgehead atoms. The molecule has 1 aromatic rings. The lowest BCUT2D eigenvalue weighted by atomic mass is 10.1. The van der Waals surface area contributed by atoms with E-state index < -0.39 is 5.54 Å². The Hall–Kier alpha value is -1.38. The average molecular weight is 264 g/mol. The number of hydrogen-bond acceptors (Lipinski definition) is 5. The van der Waals surface area contributed by atoms with Crippen LogP contribution in [0.2, 0.25) is 0 Å². The first kappa shape index (κ1) is 13.1. The van der Waals surface area contributed by atoms with Crippen molar-refractivity contribution in [1.82, 2.24) is 5.32 Å². The largest absolute Gasteiger partial charge is 0.486 e. The van der Waals surface area contributed by atoms with Crippen LogP contribution >= 0.6 is 11.8 Å². The molecule has 0 saturated carbocycles. The summed E-state index contributed by atoms with van der Waals surface area (Å²) in [5, 5.41) is 12.1. The summed E-state index contributed by atoms with van der Waals surface area (Å²) in [7, 11) is 1.80. The molecule has 0 fully saturated rings. The van der Waals surface area contributed by atoms with Crippen LogP contribution in [0.4, 0.5) is 0 Å². The molecule has 1 unspecified atom stereocenters. The molecule has 0 spiro atoms. The molecule has 18 heavy (non-hydrogen) atoms. The van der Waals surface area contributed by atoms with Gasteiger partial charge in [-0.3, -0.25) is 0 Å². The third-order valence-corrected chi connectivity index (χ3v) is 4.15. The maximum Gasteiger partial charge on any atom is 0.162 e. The summed E-state index contributed by atoms with van der Waals surface area (Å²) in [6.07, 6.45) is 0. The molecule has 0 aromatic heterocycles. The average Bonchev–Trinajstić information content (AvgIpc) is 2.44. The Morgan fingerprint density at radius 2 is 2.11 bits per heavy atom. The molecule has 96 valence electrons. The van der Waals surface area contributed by atoms with Crippen LogP contribution < -0.4 is 14.8 Å². The summed E-state index contributed by atoms with van der Waals surface area (Å²) in [5.41, 5.74) is -0.516. The van der Waals surface area contributed by atoms with Crippen LogP contribution in [0.1, 0.15) is 6.92 Å². The van der Waals surface area contributed by atoms with E-state index in [1.807, 2.05) is 25.1 Å². The number of ether oxygens (including phenoxy) is 2. The van der Waals surface area contributed by atoms with E-state index >= 15 is 0 Å². The maximum absolute atomic E-state index is 9.08. The standard InChI is InChI=1S/C13H16N2O2S/c1-13(8-14,15-2)9-18-10-3-4-11-12(7-10)17-6-5-16-11/h3-4,7,15H,5-6,9H2,1-2H3. The van der Waals surface area contributed by atoms with Gasteiger partial charge in [-0.05, 0) is 32.2 Å². The van der Waals surface area contributed by atoms with E-state index in [2.05, 4.69) is 11.4 Å². The summed E-state index contributed by atoms with van der Waals surface area (Å²) in [6.45, 7) is 3.08. The molecule has 4 nitrogen and oxygen atoms in total. The van der Waals surface area contributed by atoms with E-state index in [0.29, 0.717) is 19.0 Å². The van der Waals surface area contributed by atoms with Crippen molar-refractivity contribution in [3.63, 3.8) is 0 Å². The van der Waals surface area contributed by atoms with Crippen LogP contribution in [0.15, 0.2) is 23.1 Å². The third-order valence-electron chi connectivity index (χ3n) is 2.84. The molecule has 2 rings (SSSR count). The second-order valence-electron chi connectivity index (χ2n) is 4.29. The smallest absolute Gasteiger partial charge is 0.162 e. The van der Waals surface area contributed by atoms with E-state index in [0.717, 1.165) is 16.4 Å². The van der Waals surface area contributed by atoms with E-state index in [4.69, 9.17) is 14.7 Å². The molecule has 1 atom stereocenters. The Morgan fingerprint density at radius 1 is 1.39 bits per heavy atom. The van der Waals surface area contributed by atoms with E-state index in [1.54, 1.807) is 18.8 Å². The van der Waals surface area contributed by atoms with Gasteiger partial charge in [0.15, 0.2) is 11.5 Å². The zero-order valence-corrected chi connectivity index (χ0v) is 11.3. The van der Waals surface area contributed by atoms with E-state index in [9.17, 15) is 0 Å². The Bertz CT molecular complexity index is 473. The van der Waals surface area contributed by atoms with Gasteiger partial charge in [0, 0.05) is 10.6 Å². The van der Waals surface area contributed by atoms with Crippen LogP contribution in [-0.4, -0.2) is 31.6 Å². The van der Waals surface area contributed by atoms with Crippen molar-refractivity contribution in [1.29, 1.82) is 5.26 Å². The number of rotatable bonds is 4. The fourth-order valence-electron chi connectivity index (χ4n) is 1.50. The molecule has 1 N–H and O–H groups in total. The minimum absolute atomic E-state index is 0.516. The molecule has 1 aromatic carbocycles. The second-order valence-corrected chi connectivity index (χ2v) is 5.34. The van der Waals surface area contributed by atoms with Gasteiger partial charge < -0.3 is 14.8 Å². The van der Waals surface area contributed by atoms with Gasteiger partial charge in [0.25, 0.3) is 0 Å². The molecule has 0 radical (unpaired) electrons. The summed E-state index contributed by atoms with van der Waals surface area (Å²) in [5.74, 6) is 2.26. The number of hydrogen-bond donors (Lipinski definition) is 1. The third kappa shape index (κ3) is 2.89. The summed E-state index contributed by atoms with van der Waals surface area (Å²) < 4.78 is 11.0.